The van der Waals surface area contributed by atoms with Crippen molar-refractivity contribution in [3.05, 3.63) is 84.1 Å². The summed E-state index contributed by atoms with van der Waals surface area (Å²) >= 11 is 0. The van der Waals surface area contributed by atoms with Crippen molar-refractivity contribution in [1.82, 2.24) is 19.7 Å². The van der Waals surface area contributed by atoms with Gasteiger partial charge in [-0.25, -0.2) is 27.0 Å². The fourth-order valence-corrected chi connectivity index (χ4v) is 4.35. The third-order valence-corrected chi connectivity index (χ3v) is 6.36. The second-order valence-corrected chi connectivity index (χ2v) is 9.30. The van der Waals surface area contributed by atoms with Crippen LogP contribution < -0.4 is 10.0 Å². The predicted molar refractivity (Wildman–Crippen MR) is 126 cm³/mol. The number of pyridine rings is 2. The van der Waals surface area contributed by atoms with Gasteiger partial charge in [-0.15, -0.1) is 0 Å². The van der Waals surface area contributed by atoms with Crippen LogP contribution in [0.25, 0.3) is 11.1 Å². The van der Waals surface area contributed by atoms with E-state index in [2.05, 4.69) is 25.1 Å². The van der Waals surface area contributed by atoms with Crippen LogP contribution in [0, 0.1) is 18.6 Å². The molecule has 0 bridgehead atoms. The molecule has 0 unspecified atom stereocenters. The second kappa shape index (κ2) is 10.1. The molecule has 0 aliphatic rings. The maximum Gasteiger partial charge on any atom is 0.413 e. The lowest BCUT2D eigenvalue weighted by atomic mass is 10.1. The number of carbonyl (C=O) groups is 1. The van der Waals surface area contributed by atoms with Crippen LogP contribution >= 0.6 is 0 Å². The van der Waals surface area contributed by atoms with E-state index < -0.39 is 32.6 Å². The number of carbonyl (C=O) groups excluding carboxylic acids is 1. The molecule has 0 spiro atoms. The topological polar surface area (TPSA) is 128 Å². The number of hydrogen-bond donors (Lipinski definition) is 2. The van der Waals surface area contributed by atoms with Crippen LogP contribution in [0.15, 0.2) is 66.0 Å². The number of sulfonamides is 1. The first-order valence-corrected chi connectivity index (χ1v) is 11.9. The molecular formula is C23H20F2N6O4S. The molecule has 4 rings (SSSR count). The molecule has 2 N–H and O–H groups in total. The minimum Gasteiger partial charge on any atom is -0.443 e. The summed E-state index contributed by atoms with van der Waals surface area (Å²) < 4.78 is 61.7. The van der Waals surface area contributed by atoms with Crippen molar-refractivity contribution in [2.45, 2.75) is 18.4 Å². The fourth-order valence-electron chi connectivity index (χ4n) is 3.19. The van der Waals surface area contributed by atoms with Crippen LogP contribution in [-0.2, 0) is 28.4 Å². The number of aromatic nitrogens is 4. The van der Waals surface area contributed by atoms with E-state index in [9.17, 15) is 22.0 Å². The maximum atomic E-state index is 14.1. The average molecular weight is 515 g/mol. The average Bonchev–Trinajstić information content (AvgIpc) is 3.24. The van der Waals surface area contributed by atoms with Gasteiger partial charge in [-0.3, -0.25) is 19.7 Å². The third-order valence-electron chi connectivity index (χ3n) is 4.96. The van der Waals surface area contributed by atoms with Gasteiger partial charge in [0.2, 0.25) is 0 Å². The molecule has 0 saturated heterocycles. The molecule has 0 atom stereocenters. The van der Waals surface area contributed by atoms with Crippen molar-refractivity contribution in [3.8, 4) is 11.1 Å². The smallest absolute Gasteiger partial charge is 0.413 e. The molecular weight excluding hydrogens is 494 g/mol. The van der Waals surface area contributed by atoms with Gasteiger partial charge in [-0.05, 0) is 48.9 Å². The van der Waals surface area contributed by atoms with Crippen molar-refractivity contribution < 1.29 is 26.7 Å². The molecule has 4 aromatic rings. The molecule has 36 heavy (non-hydrogen) atoms. The number of rotatable bonds is 7. The molecule has 186 valence electrons. The quantitative estimate of drug-likeness (QED) is 0.381. The summed E-state index contributed by atoms with van der Waals surface area (Å²) in [5, 5.41) is 6.63. The first-order chi connectivity index (χ1) is 17.1. The number of benzene rings is 1. The highest BCUT2D eigenvalue weighted by atomic mass is 32.2. The largest absolute Gasteiger partial charge is 0.443 e. The molecule has 3 aromatic heterocycles. The Balaban J connectivity index is 1.51. The molecule has 1 amide bonds. The normalized spacial score (nSPS) is 11.2. The van der Waals surface area contributed by atoms with E-state index in [1.807, 2.05) is 0 Å². The molecule has 0 fully saturated rings. The van der Waals surface area contributed by atoms with E-state index in [-0.39, 0.29) is 18.1 Å². The summed E-state index contributed by atoms with van der Waals surface area (Å²) in [4.78, 5) is 19.7. The molecule has 0 aliphatic heterocycles. The van der Waals surface area contributed by atoms with Crippen LogP contribution in [0.2, 0.25) is 0 Å². The van der Waals surface area contributed by atoms with E-state index in [1.165, 1.54) is 18.5 Å². The van der Waals surface area contributed by atoms with Crippen LogP contribution in [0.4, 0.5) is 25.1 Å². The van der Waals surface area contributed by atoms with Crippen molar-refractivity contribution >= 4 is 27.6 Å². The Labute approximate surface area is 205 Å². The first kappa shape index (κ1) is 24.7. The summed E-state index contributed by atoms with van der Waals surface area (Å²) in [6.07, 6.45) is 3.94. The SMILES string of the molecule is Cc1ncc(-c2ccnc(NC(=O)OCc3ccn(C)n3)c2)cc1NS(=O)(=O)c1ccc(F)cc1F. The van der Waals surface area contributed by atoms with Gasteiger partial charge in [0, 0.05) is 37.3 Å². The third kappa shape index (κ3) is 5.81. The second-order valence-electron chi connectivity index (χ2n) is 7.65. The van der Waals surface area contributed by atoms with E-state index in [1.54, 1.807) is 43.0 Å². The highest BCUT2D eigenvalue weighted by Crippen LogP contribution is 2.27. The van der Waals surface area contributed by atoms with E-state index >= 15 is 0 Å². The fraction of sp³-hybridized carbons (Fsp3) is 0.130. The number of nitrogens with zero attached hydrogens (tertiary/aromatic N) is 4. The van der Waals surface area contributed by atoms with E-state index in [0.717, 1.165) is 12.1 Å². The van der Waals surface area contributed by atoms with Crippen molar-refractivity contribution in [2.24, 2.45) is 7.05 Å². The lowest BCUT2D eigenvalue weighted by Crippen LogP contribution is -2.16. The minimum absolute atomic E-state index is 0.0214. The van der Waals surface area contributed by atoms with Gasteiger partial charge >= 0.3 is 6.09 Å². The summed E-state index contributed by atoms with van der Waals surface area (Å²) in [5.41, 5.74) is 2.05. The Morgan fingerprint density at radius 3 is 2.61 bits per heavy atom. The minimum atomic E-state index is -4.36. The Hall–Kier alpha value is -4.39. The number of aryl methyl sites for hydroxylation is 2. The number of amides is 1. The maximum absolute atomic E-state index is 14.1. The van der Waals surface area contributed by atoms with E-state index in [4.69, 9.17) is 4.74 Å². The highest BCUT2D eigenvalue weighted by molar-refractivity contribution is 7.92. The van der Waals surface area contributed by atoms with Crippen molar-refractivity contribution in [3.63, 3.8) is 0 Å². The van der Waals surface area contributed by atoms with Crippen LogP contribution in [0.1, 0.15) is 11.4 Å². The number of nitrogens with one attached hydrogen (secondary N) is 2. The van der Waals surface area contributed by atoms with Gasteiger partial charge in [0.1, 0.15) is 29.0 Å². The number of hydrogen-bond acceptors (Lipinski definition) is 7. The Kier molecular flexibility index (Phi) is 6.92. The lowest BCUT2D eigenvalue weighted by Gasteiger charge is -2.13. The van der Waals surface area contributed by atoms with Crippen molar-refractivity contribution in [2.75, 3.05) is 10.0 Å². The number of anilines is 2. The molecule has 0 aliphatic carbocycles. The molecule has 0 radical (unpaired) electrons. The predicted octanol–water partition coefficient (Wildman–Crippen LogP) is 4.01. The Morgan fingerprint density at radius 1 is 1.08 bits per heavy atom. The first-order valence-electron chi connectivity index (χ1n) is 10.4. The van der Waals surface area contributed by atoms with Gasteiger partial charge in [0.05, 0.1) is 17.1 Å². The Morgan fingerprint density at radius 2 is 1.89 bits per heavy atom. The molecule has 10 nitrogen and oxygen atoms in total. The standard InChI is InChI=1S/C23H20F2N6O4S/c1-14-20(30-36(33,34)21-4-3-17(24)11-19(21)25)9-16(12-27-14)15-5-7-26-22(10-15)28-23(32)35-13-18-6-8-31(2)29-18/h3-12,30H,13H2,1-2H3,(H,26,28,32). The zero-order chi connectivity index (χ0) is 25.9. The highest BCUT2D eigenvalue weighted by Gasteiger charge is 2.21. The lowest BCUT2D eigenvalue weighted by molar-refractivity contribution is 0.153. The van der Waals surface area contributed by atoms with Gasteiger partial charge in [0.25, 0.3) is 10.0 Å². The molecule has 1 aromatic carbocycles. The summed E-state index contributed by atoms with van der Waals surface area (Å²) in [7, 11) is -2.61. The summed E-state index contributed by atoms with van der Waals surface area (Å²) in [6.45, 7) is 1.55. The molecule has 13 heteroatoms. The van der Waals surface area contributed by atoms with Crippen LogP contribution in [-0.4, -0.2) is 34.3 Å². The van der Waals surface area contributed by atoms with E-state index in [0.29, 0.717) is 28.6 Å². The van der Waals surface area contributed by atoms with Gasteiger partial charge in [-0.2, -0.15) is 5.10 Å². The zero-order valence-corrected chi connectivity index (χ0v) is 19.9. The monoisotopic (exact) mass is 514 g/mol. The summed E-state index contributed by atoms with van der Waals surface area (Å²) in [5.74, 6) is -1.92. The van der Waals surface area contributed by atoms with Crippen molar-refractivity contribution in [1.29, 1.82) is 0 Å². The van der Waals surface area contributed by atoms with Crippen LogP contribution in [0.5, 0.6) is 0 Å². The summed E-state index contributed by atoms with van der Waals surface area (Å²) in [6, 6.07) is 8.58. The number of ether oxygens (including phenoxy) is 1. The zero-order valence-electron chi connectivity index (χ0n) is 19.1. The molecule has 3 heterocycles. The van der Waals surface area contributed by atoms with Gasteiger partial charge in [-0.1, -0.05) is 0 Å². The number of halogens is 2. The molecule has 0 saturated carbocycles. The Bertz CT molecular complexity index is 1540. The van der Waals surface area contributed by atoms with Crippen LogP contribution in [0.3, 0.4) is 0 Å². The van der Waals surface area contributed by atoms with Gasteiger partial charge < -0.3 is 4.74 Å². The van der Waals surface area contributed by atoms with Gasteiger partial charge in [0.15, 0.2) is 0 Å².